The lowest BCUT2D eigenvalue weighted by Gasteiger charge is -2.11. The van der Waals surface area contributed by atoms with E-state index in [0.29, 0.717) is 27.0 Å². The van der Waals surface area contributed by atoms with Crippen LogP contribution in [-0.4, -0.2) is 24.3 Å². The number of halogens is 6. The van der Waals surface area contributed by atoms with E-state index in [9.17, 15) is 22.0 Å². The Morgan fingerprint density at radius 1 is 1.11 bits per heavy atom. The minimum Gasteiger partial charge on any atom is -0.303 e. The van der Waals surface area contributed by atoms with E-state index >= 15 is 0 Å². The van der Waals surface area contributed by atoms with Gasteiger partial charge in [0.2, 0.25) is 0 Å². The SMILES string of the molecule is FC(F)n1cc(-c2cn(-c3cccc4c(Cl)cc(C(F)(F)F)nc34)cn2)cn1. The van der Waals surface area contributed by atoms with Crippen molar-refractivity contribution in [2.45, 2.75) is 12.7 Å². The number of aromatic nitrogens is 5. The normalized spacial score (nSPS) is 12.2. The van der Waals surface area contributed by atoms with Crippen LogP contribution < -0.4 is 0 Å². The molecular formula is C17H9ClF5N5. The summed E-state index contributed by atoms with van der Waals surface area (Å²) < 4.78 is 66.6. The molecule has 28 heavy (non-hydrogen) atoms. The number of hydrogen-bond donors (Lipinski definition) is 0. The number of imidazole rings is 1. The van der Waals surface area contributed by atoms with E-state index in [1.165, 1.54) is 23.3 Å². The van der Waals surface area contributed by atoms with Gasteiger partial charge in [-0.3, -0.25) is 0 Å². The Balaban J connectivity index is 1.83. The second-order valence-corrected chi connectivity index (χ2v) is 6.22. The van der Waals surface area contributed by atoms with Crippen LogP contribution in [0.5, 0.6) is 0 Å². The molecule has 0 radical (unpaired) electrons. The molecule has 0 spiro atoms. The van der Waals surface area contributed by atoms with Crippen molar-refractivity contribution in [3.63, 3.8) is 0 Å². The Morgan fingerprint density at radius 2 is 1.89 bits per heavy atom. The molecule has 4 rings (SSSR count). The van der Waals surface area contributed by atoms with Crippen LogP contribution in [-0.2, 0) is 6.18 Å². The maximum Gasteiger partial charge on any atom is 0.433 e. The first kappa shape index (κ1) is 18.4. The van der Waals surface area contributed by atoms with Crippen LogP contribution in [0.1, 0.15) is 12.2 Å². The first-order valence-corrected chi connectivity index (χ1v) is 8.15. The number of benzene rings is 1. The average molecular weight is 414 g/mol. The number of para-hydroxylation sites is 1. The van der Waals surface area contributed by atoms with Gasteiger partial charge in [-0.2, -0.15) is 27.1 Å². The fraction of sp³-hybridized carbons (Fsp3) is 0.118. The predicted molar refractivity (Wildman–Crippen MR) is 91.4 cm³/mol. The summed E-state index contributed by atoms with van der Waals surface area (Å²) in [5.74, 6) is 0. The highest BCUT2D eigenvalue weighted by molar-refractivity contribution is 6.35. The number of fused-ring (bicyclic) bond motifs is 1. The third-order valence-corrected chi connectivity index (χ3v) is 4.33. The molecule has 0 fully saturated rings. The van der Waals surface area contributed by atoms with E-state index in [-0.39, 0.29) is 10.5 Å². The lowest BCUT2D eigenvalue weighted by molar-refractivity contribution is -0.140. The number of alkyl halides is 5. The lowest BCUT2D eigenvalue weighted by atomic mass is 10.1. The summed E-state index contributed by atoms with van der Waals surface area (Å²) in [5, 5.41) is 3.79. The number of nitrogens with zero attached hydrogens (tertiary/aromatic N) is 5. The summed E-state index contributed by atoms with van der Waals surface area (Å²) in [6.07, 6.45) is 0.516. The van der Waals surface area contributed by atoms with Crippen molar-refractivity contribution >= 4 is 22.5 Å². The summed E-state index contributed by atoms with van der Waals surface area (Å²) in [4.78, 5) is 7.84. The highest BCUT2D eigenvalue weighted by atomic mass is 35.5. The Morgan fingerprint density at radius 3 is 2.57 bits per heavy atom. The topological polar surface area (TPSA) is 48.5 Å². The molecule has 0 aliphatic carbocycles. The van der Waals surface area contributed by atoms with Crippen molar-refractivity contribution < 1.29 is 22.0 Å². The zero-order valence-electron chi connectivity index (χ0n) is 13.7. The smallest absolute Gasteiger partial charge is 0.303 e. The van der Waals surface area contributed by atoms with E-state index in [1.807, 2.05) is 0 Å². The summed E-state index contributed by atoms with van der Waals surface area (Å²) in [6.45, 7) is -2.79. The van der Waals surface area contributed by atoms with E-state index in [2.05, 4.69) is 15.1 Å². The summed E-state index contributed by atoms with van der Waals surface area (Å²) in [6, 6.07) is 5.50. The molecule has 5 nitrogen and oxygen atoms in total. The van der Waals surface area contributed by atoms with Crippen LogP contribution in [0.3, 0.4) is 0 Å². The van der Waals surface area contributed by atoms with Gasteiger partial charge in [-0.05, 0) is 12.1 Å². The third-order valence-electron chi connectivity index (χ3n) is 4.02. The van der Waals surface area contributed by atoms with Gasteiger partial charge in [0.05, 0.1) is 34.4 Å². The monoisotopic (exact) mass is 413 g/mol. The van der Waals surface area contributed by atoms with Gasteiger partial charge in [0.1, 0.15) is 5.69 Å². The van der Waals surface area contributed by atoms with Crippen LogP contribution in [0.4, 0.5) is 22.0 Å². The molecule has 0 saturated heterocycles. The van der Waals surface area contributed by atoms with Gasteiger partial charge in [0, 0.05) is 23.3 Å². The van der Waals surface area contributed by atoms with Gasteiger partial charge in [0.25, 0.3) is 0 Å². The zero-order valence-corrected chi connectivity index (χ0v) is 14.5. The Labute approximate surface area is 159 Å². The second-order valence-electron chi connectivity index (χ2n) is 5.81. The molecule has 0 aliphatic heterocycles. The Bertz CT molecular complexity index is 1160. The van der Waals surface area contributed by atoms with Gasteiger partial charge in [-0.25, -0.2) is 14.6 Å². The molecule has 0 amide bonds. The van der Waals surface area contributed by atoms with Crippen molar-refractivity contribution in [2.24, 2.45) is 0 Å². The van der Waals surface area contributed by atoms with Crippen molar-refractivity contribution in [1.82, 2.24) is 24.3 Å². The molecule has 0 unspecified atom stereocenters. The van der Waals surface area contributed by atoms with E-state index in [4.69, 9.17) is 11.6 Å². The maximum absolute atomic E-state index is 13.1. The van der Waals surface area contributed by atoms with Gasteiger partial charge in [0.15, 0.2) is 0 Å². The van der Waals surface area contributed by atoms with Gasteiger partial charge in [-0.15, -0.1) is 0 Å². The van der Waals surface area contributed by atoms with Gasteiger partial charge < -0.3 is 4.57 Å². The zero-order chi connectivity index (χ0) is 20.1. The van der Waals surface area contributed by atoms with E-state index < -0.39 is 18.4 Å². The number of hydrogen-bond acceptors (Lipinski definition) is 3. The molecule has 0 bridgehead atoms. The largest absolute Gasteiger partial charge is 0.433 e. The quantitative estimate of drug-likeness (QED) is 0.425. The number of pyridine rings is 1. The highest BCUT2D eigenvalue weighted by Crippen LogP contribution is 2.35. The minimum atomic E-state index is -4.66. The fourth-order valence-corrected chi connectivity index (χ4v) is 2.98. The molecular weight excluding hydrogens is 405 g/mol. The van der Waals surface area contributed by atoms with Crippen LogP contribution in [0.2, 0.25) is 5.02 Å². The van der Waals surface area contributed by atoms with Crippen molar-refractivity contribution in [1.29, 1.82) is 0 Å². The standard InChI is InChI=1S/C17H9ClF5N5/c18-11-4-14(17(21,22)23)26-15-10(11)2-1-3-13(15)27-7-12(24-8-27)9-5-25-28(6-9)16(19)20/h1-8,16H. The number of rotatable bonds is 3. The first-order chi connectivity index (χ1) is 13.2. The first-order valence-electron chi connectivity index (χ1n) is 7.77. The molecule has 3 aromatic heterocycles. The summed E-state index contributed by atoms with van der Waals surface area (Å²) >= 11 is 6.01. The summed E-state index contributed by atoms with van der Waals surface area (Å²) in [7, 11) is 0. The fourth-order valence-electron chi connectivity index (χ4n) is 2.73. The molecule has 1 aromatic carbocycles. The predicted octanol–water partition coefficient (Wildman–Crippen LogP) is 5.35. The average Bonchev–Trinajstić information content (AvgIpc) is 3.30. The second kappa shape index (κ2) is 6.55. The molecule has 3 heterocycles. The third kappa shape index (κ3) is 3.19. The molecule has 144 valence electrons. The van der Waals surface area contributed by atoms with Crippen molar-refractivity contribution in [3.8, 4) is 16.9 Å². The summed E-state index contributed by atoms with van der Waals surface area (Å²) in [5.41, 5.74) is -0.112. The minimum absolute atomic E-state index is 0.0366. The molecule has 4 aromatic rings. The van der Waals surface area contributed by atoms with Gasteiger partial charge in [-0.1, -0.05) is 23.7 Å². The van der Waals surface area contributed by atoms with E-state index in [1.54, 1.807) is 18.2 Å². The highest BCUT2D eigenvalue weighted by Gasteiger charge is 2.33. The van der Waals surface area contributed by atoms with Crippen LogP contribution in [0, 0.1) is 0 Å². The van der Waals surface area contributed by atoms with E-state index in [0.717, 1.165) is 12.3 Å². The maximum atomic E-state index is 13.1. The molecule has 0 N–H and O–H groups in total. The lowest BCUT2D eigenvalue weighted by Crippen LogP contribution is -2.08. The van der Waals surface area contributed by atoms with Crippen molar-refractivity contribution in [3.05, 3.63) is 59.9 Å². The van der Waals surface area contributed by atoms with Crippen molar-refractivity contribution in [2.75, 3.05) is 0 Å². The molecule has 0 aliphatic rings. The van der Waals surface area contributed by atoms with Crippen LogP contribution in [0.15, 0.2) is 49.2 Å². The van der Waals surface area contributed by atoms with Gasteiger partial charge >= 0.3 is 12.7 Å². The molecule has 0 atom stereocenters. The molecule has 11 heteroatoms. The van der Waals surface area contributed by atoms with Crippen LogP contribution >= 0.6 is 11.6 Å². The molecule has 0 saturated carbocycles. The Hall–Kier alpha value is -3.01. The Kier molecular flexibility index (Phi) is 4.30. The van der Waals surface area contributed by atoms with Crippen LogP contribution in [0.25, 0.3) is 27.8 Å².